The number of nitrogens with one attached hydrogen (secondary N) is 1. The van der Waals surface area contributed by atoms with Gasteiger partial charge in [0.2, 0.25) is 0 Å². The van der Waals surface area contributed by atoms with Crippen LogP contribution in [-0.2, 0) is 0 Å². The molecule has 0 saturated heterocycles. The smallest absolute Gasteiger partial charge is 0.257 e. The van der Waals surface area contributed by atoms with Gasteiger partial charge in [-0.1, -0.05) is 57.9 Å². The lowest BCUT2D eigenvalue weighted by Gasteiger charge is -2.15. The summed E-state index contributed by atoms with van der Waals surface area (Å²) in [4.78, 5) is 13.1. The number of nitrogens with zero attached hydrogens (tertiary/aromatic N) is 3. The highest BCUT2D eigenvalue weighted by Crippen LogP contribution is 2.30. The molecule has 1 N–H and O–H groups in total. The quantitative estimate of drug-likeness (QED) is 0.326. The van der Waals surface area contributed by atoms with Crippen molar-refractivity contribution in [1.82, 2.24) is 15.5 Å². The number of fused-ring (bicyclic) bond motifs is 1. The van der Waals surface area contributed by atoms with E-state index in [1.54, 1.807) is 60.7 Å². The molecular weight excluding hydrogens is 511 g/mol. The highest BCUT2D eigenvalue weighted by Gasteiger charge is 2.22. The van der Waals surface area contributed by atoms with Crippen LogP contribution in [0.4, 0.5) is 4.39 Å². The monoisotopic (exact) mass is 524 g/mol. The van der Waals surface area contributed by atoms with Gasteiger partial charge in [0.05, 0.1) is 23.7 Å². The van der Waals surface area contributed by atoms with E-state index in [0.29, 0.717) is 22.2 Å². The molecule has 4 rings (SSSR count). The van der Waals surface area contributed by atoms with Crippen LogP contribution in [0.3, 0.4) is 0 Å². The number of alkyl halides is 1. The normalized spacial score (nSPS) is 11.6. The molecule has 0 bridgehead atoms. The summed E-state index contributed by atoms with van der Waals surface area (Å²) in [5, 5.41) is 20.6. The highest BCUT2D eigenvalue weighted by atomic mass is 79.9. The van der Waals surface area contributed by atoms with Crippen molar-refractivity contribution in [3.05, 3.63) is 92.9 Å². The van der Waals surface area contributed by atoms with Gasteiger partial charge in [-0.2, -0.15) is 5.26 Å². The Bertz CT molecular complexity index is 1390. The first-order valence-corrected chi connectivity index (χ1v) is 10.9. The first-order chi connectivity index (χ1) is 16.0. The lowest BCUT2D eigenvalue weighted by molar-refractivity contribution is 0.0940. The van der Waals surface area contributed by atoms with Crippen LogP contribution in [0, 0.1) is 11.3 Å². The van der Waals surface area contributed by atoms with Crippen LogP contribution < -0.4 is 10.1 Å². The van der Waals surface area contributed by atoms with Crippen LogP contribution >= 0.6 is 27.5 Å². The molecule has 3 aromatic carbocycles. The minimum atomic E-state index is -1.52. The number of carbonyl (C=O) groups excluding carboxylic acids is 1. The maximum Gasteiger partial charge on any atom is 0.257 e. The second kappa shape index (κ2) is 9.94. The summed E-state index contributed by atoms with van der Waals surface area (Å²) in [6.45, 7) is -0.305. The molecule has 0 fully saturated rings. The topological polar surface area (TPSA) is 87.9 Å². The van der Waals surface area contributed by atoms with Crippen molar-refractivity contribution in [1.29, 1.82) is 5.26 Å². The number of halogens is 3. The van der Waals surface area contributed by atoms with Crippen LogP contribution in [0.25, 0.3) is 10.9 Å². The number of amides is 1. The molecule has 0 spiro atoms. The molecule has 33 heavy (non-hydrogen) atoms. The molecule has 0 unspecified atom stereocenters. The molecule has 0 saturated carbocycles. The van der Waals surface area contributed by atoms with E-state index in [2.05, 4.69) is 31.4 Å². The third-order valence-corrected chi connectivity index (χ3v) is 5.60. The lowest BCUT2D eigenvalue weighted by atomic mass is 10.1. The van der Waals surface area contributed by atoms with Gasteiger partial charge < -0.3 is 10.1 Å². The zero-order valence-corrected chi connectivity index (χ0v) is 19.3. The van der Waals surface area contributed by atoms with E-state index in [9.17, 15) is 9.18 Å². The van der Waals surface area contributed by atoms with Gasteiger partial charge >= 0.3 is 0 Å². The van der Waals surface area contributed by atoms with Gasteiger partial charge in [0.25, 0.3) is 11.8 Å². The third-order valence-electron chi connectivity index (χ3n) is 4.78. The van der Waals surface area contributed by atoms with Crippen molar-refractivity contribution in [3.63, 3.8) is 0 Å². The average Bonchev–Trinajstić information content (AvgIpc) is 2.82. The summed E-state index contributed by atoms with van der Waals surface area (Å²) in [6, 6.07) is 20.2. The molecule has 0 aliphatic carbocycles. The van der Waals surface area contributed by atoms with Gasteiger partial charge in [-0.25, -0.2) is 4.39 Å². The number of aromatic nitrogens is 2. The molecule has 9 heteroatoms. The van der Waals surface area contributed by atoms with Crippen molar-refractivity contribution in [3.8, 4) is 17.7 Å². The van der Waals surface area contributed by atoms with E-state index < -0.39 is 12.1 Å². The largest absolute Gasteiger partial charge is 0.437 e. The Balaban J connectivity index is 1.64. The molecule has 1 atom stereocenters. The molecule has 1 amide bonds. The molecular formula is C24H15BrClFN4O2. The Morgan fingerprint density at radius 3 is 2.76 bits per heavy atom. The fourth-order valence-electron chi connectivity index (χ4n) is 3.20. The lowest BCUT2D eigenvalue weighted by Crippen LogP contribution is -2.28. The molecule has 1 aromatic heterocycles. The van der Waals surface area contributed by atoms with Crippen LogP contribution in [0.15, 0.2) is 71.2 Å². The van der Waals surface area contributed by atoms with E-state index in [1.807, 2.05) is 6.07 Å². The summed E-state index contributed by atoms with van der Waals surface area (Å²) in [5.74, 6) is -0.320. The van der Waals surface area contributed by atoms with Crippen molar-refractivity contribution in [2.45, 2.75) is 6.17 Å². The Kier molecular flexibility index (Phi) is 6.82. The number of benzene rings is 3. The van der Waals surface area contributed by atoms with E-state index in [4.69, 9.17) is 21.6 Å². The molecule has 4 aromatic rings. The van der Waals surface area contributed by atoms with Crippen molar-refractivity contribution in [2.75, 3.05) is 6.54 Å². The molecule has 1 heterocycles. The summed E-state index contributed by atoms with van der Waals surface area (Å²) < 4.78 is 21.4. The standard InChI is InChI=1S/C24H15BrClFN4O2/c25-15-8-9-17(19(26)11-15)20(27)13-29-23(32)22-18-6-1-2-7-21(18)30-31-24(22)33-16-5-3-4-14(10-16)12-28/h1-11,20H,13H2,(H,29,32)/t20-/m0/s1. The second-order valence-corrected chi connectivity index (χ2v) is 8.31. The second-order valence-electron chi connectivity index (χ2n) is 6.98. The number of hydrogen-bond acceptors (Lipinski definition) is 5. The van der Waals surface area contributed by atoms with Gasteiger partial charge in [-0.05, 0) is 36.4 Å². The summed E-state index contributed by atoms with van der Waals surface area (Å²) >= 11 is 9.42. The molecule has 0 aliphatic heterocycles. The summed E-state index contributed by atoms with van der Waals surface area (Å²) in [7, 11) is 0. The SMILES string of the molecule is N#Cc1cccc(Oc2nnc3ccccc3c2C(=O)NC[C@H](F)c2ccc(Br)cc2Cl)c1. The van der Waals surface area contributed by atoms with Gasteiger partial charge in [-0.15, -0.1) is 10.2 Å². The van der Waals surface area contributed by atoms with E-state index in [0.717, 1.165) is 4.47 Å². The first-order valence-electron chi connectivity index (χ1n) is 9.77. The van der Waals surface area contributed by atoms with Gasteiger partial charge in [0.1, 0.15) is 17.5 Å². The Hall–Kier alpha value is -3.54. The number of rotatable bonds is 6. The predicted molar refractivity (Wildman–Crippen MR) is 126 cm³/mol. The maximum absolute atomic E-state index is 14.8. The Morgan fingerprint density at radius 1 is 1.15 bits per heavy atom. The molecule has 164 valence electrons. The summed E-state index contributed by atoms with van der Waals surface area (Å²) in [5.41, 5.74) is 1.24. The molecule has 6 nitrogen and oxygen atoms in total. The fraction of sp³-hybridized carbons (Fsp3) is 0.0833. The molecule has 0 radical (unpaired) electrons. The highest BCUT2D eigenvalue weighted by molar-refractivity contribution is 9.10. The van der Waals surface area contributed by atoms with Crippen LogP contribution in [-0.4, -0.2) is 22.6 Å². The van der Waals surface area contributed by atoms with Crippen LogP contribution in [0.1, 0.15) is 27.7 Å². The van der Waals surface area contributed by atoms with Gasteiger partial charge in [0.15, 0.2) is 0 Å². The number of hydrogen-bond donors (Lipinski definition) is 1. The minimum absolute atomic E-state index is 0.0571. The fourth-order valence-corrected chi connectivity index (χ4v) is 4.00. The van der Waals surface area contributed by atoms with Crippen LogP contribution in [0.2, 0.25) is 5.02 Å². The maximum atomic E-state index is 14.8. The predicted octanol–water partition coefficient (Wildman–Crippen LogP) is 6.15. The summed E-state index contributed by atoms with van der Waals surface area (Å²) in [6.07, 6.45) is -1.52. The van der Waals surface area contributed by atoms with Crippen molar-refractivity contribution >= 4 is 44.3 Å². The first kappa shape index (κ1) is 22.6. The number of carbonyl (C=O) groups is 1. The van der Waals surface area contributed by atoms with E-state index in [-0.39, 0.29) is 28.6 Å². The zero-order valence-electron chi connectivity index (χ0n) is 16.9. The van der Waals surface area contributed by atoms with E-state index in [1.165, 1.54) is 6.07 Å². The molecule has 0 aliphatic rings. The zero-order chi connectivity index (χ0) is 23.4. The third kappa shape index (κ3) is 5.11. The average molecular weight is 526 g/mol. The Morgan fingerprint density at radius 2 is 1.97 bits per heavy atom. The van der Waals surface area contributed by atoms with Crippen molar-refractivity contribution in [2.24, 2.45) is 0 Å². The van der Waals surface area contributed by atoms with E-state index >= 15 is 0 Å². The number of nitriles is 1. The van der Waals surface area contributed by atoms with Gasteiger partial charge in [-0.3, -0.25) is 4.79 Å². The minimum Gasteiger partial charge on any atom is -0.437 e. The number of ether oxygens (including phenoxy) is 1. The van der Waals surface area contributed by atoms with Gasteiger partial charge in [0, 0.05) is 20.4 Å². The van der Waals surface area contributed by atoms with Crippen LogP contribution in [0.5, 0.6) is 11.6 Å². The van der Waals surface area contributed by atoms with Crippen molar-refractivity contribution < 1.29 is 13.9 Å². The Labute approximate surface area is 202 Å².